The van der Waals surface area contributed by atoms with Gasteiger partial charge in [-0.15, -0.1) is 0 Å². The zero-order valence-electron chi connectivity index (χ0n) is 20.4. The third-order valence-corrected chi connectivity index (χ3v) is 7.62. The number of aliphatic hydroxyl groups excluding tert-OH is 2. The first kappa shape index (κ1) is 26.1. The minimum Gasteiger partial charge on any atom is -0.486 e. The van der Waals surface area contributed by atoms with E-state index in [2.05, 4.69) is 22.4 Å². The van der Waals surface area contributed by atoms with Gasteiger partial charge in [0.1, 0.15) is 29.3 Å². The van der Waals surface area contributed by atoms with Crippen LogP contribution in [0.1, 0.15) is 11.3 Å². The predicted molar refractivity (Wildman–Crippen MR) is 152 cm³/mol. The first-order valence-corrected chi connectivity index (χ1v) is 13.6. The number of pyridine rings is 1. The van der Waals surface area contributed by atoms with Gasteiger partial charge in [-0.25, -0.2) is 4.99 Å². The van der Waals surface area contributed by atoms with Gasteiger partial charge >= 0.3 is 0 Å². The number of aromatic nitrogens is 1. The molecule has 2 aliphatic heterocycles. The summed E-state index contributed by atoms with van der Waals surface area (Å²) in [5, 5.41) is 24.8. The molecule has 2 aromatic carbocycles. The molecule has 3 aromatic rings. The normalized spacial score (nSPS) is 17.1. The summed E-state index contributed by atoms with van der Waals surface area (Å²) in [4.78, 5) is 11.9. The molecule has 5 rings (SSSR count). The lowest BCUT2D eigenvalue weighted by Gasteiger charge is -2.28. The van der Waals surface area contributed by atoms with E-state index in [1.54, 1.807) is 18.6 Å². The van der Waals surface area contributed by atoms with Gasteiger partial charge in [0.15, 0.2) is 0 Å². The Morgan fingerprint density at radius 3 is 2.68 bits per heavy atom. The monoisotopic (exact) mass is 550 g/mol. The van der Waals surface area contributed by atoms with E-state index in [9.17, 15) is 10.2 Å². The highest BCUT2D eigenvalue weighted by molar-refractivity contribution is 8.15. The fourth-order valence-electron chi connectivity index (χ4n) is 3.83. The van der Waals surface area contributed by atoms with Crippen LogP contribution in [-0.2, 0) is 17.3 Å². The molecule has 10 heteroatoms. The minimum atomic E-state index is -0.942. The first-order valence-electron chi connectivity index (χ1n) is 12.0. The van der Waals surface area contributed by atoms with Gasteiger partial charge in [0.2, 0.25) is 0 Å². The molecular formula is C28H27ClN4O4S. The highest BCUT2D eigenvalue weighted by Crippen LogP contribution is 2.36. The summed E-state index contributed by atoms with van der Waals surface area (Å²) in [6.07, 6.45) is 4.52. The molecular weight excluding hydrogens is 524 g/mol. The van der Waals surface area contributed by atoms with Gasteiger partial charge in [0, 0.05) is 24.0 Å². The molecule has 0 radical (unpaired) electrons. The average Bonchev–Trinajstić information content (AvgIpc) is 3.38. The Morgan fingerprint density at radius 2 is 1.92 bits per heavy atom. The second-order valence-corrected chi connectivity index (χ2v) is 10.4. The standard InChI is InChI=1S/C28H27ClN4O4S/c29-25-14-21(9-10-26(25)36-17-22-8-4-5-12-30-22)32-27-24-11-13-38(37-18-23(35)16-34)28(24)33(19-31-27)15-20-6-2-1-3-7-20/h1-14,19,23,32,34-35H,15-18H2/t23-,38?/m1/s1. The van der Waals surface area contributed by atoms with Gasteiger partial charge in [-0.2, -0.15) is 0 Å². The molecule has 2 atom stereocenters. The Kier molecular flexibility index (Phi) is 8.52. The smallest absolute Gasteiger partial charge is 0.142 e. The molecule has 3 heterocycles. The minimum absolute atomic E-state index is 0.0232. The molecule has 196 valence electrons. The van der Waals surface area contributed by atoms with Crippen LogP contribution >= 0.6 is 22.4 Å². The summed E-state index contributed by atoms with van der Waals surface area (Å²) in [6.45, 7) is 0.598. The van der Waals surface area contributed by atoms with E-state index in [-0.39, 0.29) is 13.2 Å². The summed E-state index contributed by atoms with van der Waals surface area (Å²) >= 11 is 6.52. The molecule has 38 heavy (non-hydrogen) atoms. The van der Waals surface area contributed by atoms with Crippen LogP contribution in [0.15, 0.2) is 101 Å². The zero-order valence-corrected chi connectivity index (χ0v) is 22.0. The number of halogens is 1. The van der Waals surface area contributed by atoms with Crippen LogP contribution in [0.5, 0.6) is 5.75 Å². The van der Waals surface area contributed by atoms with Crippen molar-refractivity contribution in [3.05, 3.63) is 112 Å². The number of ether oxygens (including phenoxy) is 1. The molecule has 0 saturated carbocycles. The van der Waals surface area contributed by atoms with E-state index in [1.165, 1.54) is 0 Å². The van der Waals surface area contributed by atoms with Crippen LogP contribution in [-0.4, -0.2) is 50.7 Å². The molecule has 0 aliphatic carbocycles. The first-order chi connectivity index (χ1) is 18.6. The van der Waals surface area contributed by atoms with E-state index < -0.39 is 16.9 Å². The van der Waals surface area contributed by atoms with Crippen molar-refractivity contribution in [2.24, 2.45) is 4.99 Å². The number of nitrogens with one attached hydrogen (secondary N) is 1. The maximum Gasteiger partial charge on any atom is 0.142 e. The van der Waals surface area contributed by atoms with Crippen molar-refractivity contribution < 1.29 is 19.1 Å². The van der Waals surface area contributed by atoms with Gasteiger partial charge < -0.3 is 29.3 Å². The van der Waals surface area contributed by atoms with E-state index in [0.29, 0.717) is 29.7 Å². The molecule has 0 saturated heterocycles. The summed E-state index contributed by atoms with van der Waals surface area (Å²) in [6, 6.07) is 21.2. The van der Waals surface area contributed by atoms with Crippen LogP contribution in [0.2, 0.25) is 5.02 Å². The number of hydrogen-bond acceptors (Lipinski definition) is 8. The Balaban J connectivity index is 1.36. The van der Waals surface area contributed by atoms with Crippen molar-refractivity contribution in [1.29, 1.82) is 0 Å². The van der Waals surface area contributed by atoms with Gasteiger partial charge in [-0.05, 0) is 58.1 Å². The van der Waals surface area contributed by atoms with Gasteiger partial charge in [0.05, 0.1) is 30.3 Å². The Hall–Kier alpha value is -3.47. The summed E-state index contributed by atoms with van der Waals surface area (Å²) in [5.74, 6) is 1.21. The van der Waals surface area contributed by atoms with Gasteiger partial charge in [-0.1, -0.05) is 48.0 Å². The number of aliphatic hydroxyl groups is 2. The van der Waals surface area contributed by atoms with Gasteiger partial charge in [0.25, 0.3) is 0 Å². The van der Waals surface area contributed by atoms with Crippen molar-refractivity contribution in [2.45, 2.75) is 19.3 Å². The molecule has 8 nitrogen and oxygen atoms in total. The Bertz CT molecular complexity index is 1400. The fourth-order valence-corrected chi connectivity index (χ4v) is 5.68. The second kappa shape index (κ2) is 12.4. The summed E-state index contributed by atoms with van der Waals surface area (Å²) < 4.78 is 11.8. The molecule has 1 unspecified atom stereocenters. The van der Waals surface area contributed by atoms with E-state index in [1.807, 2.05) is 64.9 Å². The van der Waals surface area contributed by atoms with Crippen molar-refractivity contribution >= 4 is 39.4 Å². The number of aliphatic imine (C=N–C) groups is 1. The maximum atomic E-state index is 9.82. The number of benzene rings is 2. The molecule has 0 bridgehead atoms. The molecule has 1 aromatic heterocycles. The average molecular weight is 551 g/mol. The number of anilines is 1. The highest BCUT2D eigenvalue weighted by atomic mass is 35.5. The van der Waals surface area contributed by atoms with Crippen molar-refractivity contribution in [3.63, 3.8) is 0 Å². The molecule has 0 fully saturated rings. The number of rotatable bonds is 11. The number of hydrogen-bond donors (Lipinski definition) is 3. The third-order valence-electron chi connectivity index (χ3n) is 5.71. The van der Waals surface area contributed by atoms with Crippen molar-refractivity contribution in [3.8, 4) is 5.75 Å². The van der Waals surface area contributed by atoms with Gasteiger partial charge in [-0.3, -0.25) is 4.98 Å². The summed E-state index contributed by atoms with van der Waals surface area (Å²) in [7, 11) is -0.728. The quantitative estimate of drug-likeness (QED) is 0.298. The highest BCUT2D eigenvalue weighted by Gasteiger charge is 2.27. The largest absolute Gasteiger partial charge is 0.486 e. The summed E-state index contributed by atoms with van der Waals surface area (Å²) in [5.41, 5.74) is 3.58. The lowest BCUT2D eigenvalue weighted by molar-refractivity contribution is 0.0603. The topological polar surface area (TPSA) is 99.4 Å². The number of fused-ring (bicyclic) bond motifs is 1. The Morgan fingerprint density at radius 1 is 1.08 bits per heavy atom. The van der Waals surface area contributed by atoms with Crippen molar-refractivity contribution in [2.75, 3.05) is 18.5 Å². The maximum absolute atomic E-state index is 9.82. The SMILES string of the molecule is OC[C@@H](O)COS1=C2C(=C(Nc3ccc(OCc4ccccn4)c(Cl)c3)N=CN2Cc2ccccc2)C=C1. The van der Waals surface area contributed by atoms with Crippen molar-refractivity contribution in [1.82, 2.24) is 9.88 Å². The third kappa shape index (κ3) is 6.32. The van der Waals surface area contributed by atoms with Crippen LogP contribution in [0.25, 0.3) is 0 Å². The Labute approximate surface area is 228 Å². The zero-order chi connectivity index (χ0) is 26.3. The van der Waals surface area contributed by atoms with Crippen LogP contribution in [0, 0.1) is 0 Å². The molecule has 2 aliphatic rings. The lowest BCUT2D eigenvalue weighted by atomic mass is 10.1. The second-order valence-electron chi connectivity index (χ2n) is 8.53. The van der Waals surface area contributed by atoms with Crippen LogP contribution in [0.4, 0.5) is 5.69 Å². The van der Waals surface area contributed by atoms with E-state index in [0.717, 1.165) is 27.5 Å². The number of nitrogens with zero attached hydrogens (tertiary/aromatic N) is 3. The molecule has 0 amide bonds. The predicted octanol–water partition coefficient (Wildman–Crippen LogP) is 4.69. The van der Waals surface area contributed by atoms with E-state index in [4.69, 9.17) is 25.5 Å². The lowest BCUT2D eigenvalue weighted by Crippen LogP contribution is -2.33. The van der Waals surface area contributed by atoms with Crippen LogP contribution in [0.3, 0.4) is 0 Å². The van der Waals surface area contributed by atoms with Crippen LogP contribution < -0.4 is 10.1 Å². The molecule has 0 spiro atoms. The van der Waals surface area contributed by atoms with E-state index >= 15 is 0 Å². The fraction of sp³-hybridized carbons (Fsp3) is 0.179. The molecule has 3 N–H and O–H groups in total.